The number of hydrogen-bond donors (Lipinski definition) is 6. The van der Waals surface area contributed by atoms with Gasteiger partial charge in [-0.15, -0.1) is 11.6 Å². The minimum Gasteiger partial charge on any atom is -0.396 e. The van der Waals surface area contributed by atoms with Crippen LogP contribution in [0.1, 0.15) is 33.2 Å². The van der Waals surface area contributed by atoms with E-state index < -0.39 is 30.4 Å². The average Bonchev–Trinajstić information content (AvgIpc) is 2.72. The number of amides is 3. The highest BCUT2D eigenvalue weighted by molar-refractivity contribution is 14.1. The van der Waals surface area contributed by atoms with E-state index in [0.717, 1.165) is 0 Å². The van der Waals surface area contributed by atoms with E-state index in [9.17, 15) is 19.5 Å². The first kappa shape index (κ1) is 27.3. The van der Waals surface area contributed by atoms with Crippen molar-refractivity contribution in [3.63, 3.8) is 0 Å². The fourth-order valence-electron chi connectivity index (χ4n) is 2.37. The molecule has 1 aromatic carbocycles. The van der Waals surface area contributed by atoms with Gasteiger partial charge in [0, 0.05) is 23.3 Å². The molecule has 1 aromatic rings. The number of hydrogen-bond acceptors (Lipinski definition) is 6. The fourth-order valence-corrected chi connectivity index (χ4v) is 5.18. The van der Waals surface area contributed by atoms with E-state index in [4.69, 9.17) is 21.8 Å². The number of anilines is 1. The summed E-state index contributed by atoms with van der Waals surface area (Å²) >= 11 is 9.41. The van der Waals surface area contributed by atoms with Crippen LogP contribution in [0.25, 0.3) is 0 Å². The second-order valence-corrected chi connectivity index (χ2v) is 9.03. The third-order valence-electron chi connectivity index (χ3n) is 4.10. The first-order valence-electron chi connectivity index (χ1n) is 8.92. The monoisotopic (exact) mass is 667 g/mol. The van der Waals surface area contributed by atoms with E-state index in [0.29, 0.717) is 12.7 Å². The highest BCUT2D eigenvalue weighted by Crippen LogP contribution is 2.34. The van der Waals surface area contributed by atoms with Crippen molar-refractivity contribution < 1.29 is 29.7 Å². The van der Waals surface area contributed by atoms with Crippen molar-refractivity contribution in [2.45, 2.75) is 20.0 Å². The van der Waals surface area contributed by atoms with Crippen LogP contribution in [0, 0.1) is 20.0 Å². The van der Waals surface area contributed by atoms with Gasteiger partial charge in [-0.25, -0.2) is 0 Å². The van der Waals surface area contributed by atoms with Crippen molar-refractivity contribution in [2.24, 2.45) is 5.92 Å². The highest BCUT2D eigenvalue weighted by atomic mass is 127. The molecule has 0 bridgehead atoms. The largest absolute Gasteiger partial charge is 0.396 e. The number of aliphatic hydroxyl groups is 3. The lowest BCUT2D eigenvalue weighted by Crippen LogP contribution is -2.36. The summed E-state index contributed by atoms with van der Waals surface area (Å²) in [7, 11) is 0. The molecule has 12 heteroatoms. The van der Waals surface area contributed by atoms with Crippen molar-refractivity contribution in [1.82, 2.24) is 10.6 Å². The third-order valence-corrected chi connectivity index (χ3v) is 6.50. The van der Waals surface area contributed by atoms with Crippen LogP contribution in [0.3, 0.4) is 0 Å². The van der Waals surface area contributed by atoms with Crippen LogP contribution in [-0.2, 0) is 4.79 Å². The second-order valence-electron chi connectivity index (χ2n) is 6.60. The van der Waals surface area contributed by atoms with Gasteiger partial charge in [-0.1, -0.05) is 6.92 Å². The zero-order valence-corrected chi connectivity index (χ0v) is 21.5. The van der Waals surface area contributed by atoms with E-state index in [2.05, 4.69) is 16.0 Å². The summed E-state index contributed by atoms with van der Waals surface area (Å²) in [5.74, 6) is -2.00. The van der Waals surface area contributed by atoms with Crippen LogP contribution >= 0.6 is 56.8 Å². The number of nitrogens with one attached hydrogen (secondary N) is 3. The van der Waals surface area contributed by atoms with Gasteiger partial charge in [-0.3, -0.25) is 14.4 Å². The van der Waals surface area contributed by atoms with Gasteiger partial charge in [0.05, 0.1) is 33.1 Å². The molecule has 9 nitrogen and oxygen atoms in total. The number of carbonyl (C=O) groups excluding carboxylic acids is 3. The Morgan fingerprint density at radius 1 is 1.00 bits per heavy atom. The van der Waals surface area contributed by atoms with Crippen molar-refractivity contribution in [3.8, 4) is 0 Å². The molecule has 0 aliphatic carbocycles. The van der Waals surface area contributed by atoms with Crippen molar-refractivity contribution in [1.29, 1.82) is 0 Å². The van der Waals surface area contributed by atoms with Crippen LogP contribution in [-0.4, -0.2) is 71.3 Å². The molecule has 2 unspecified atom stereocenters. The number of alkyl halides is 1. The van der Waals surface area contributed by atoms with Gasteiger partial charge in [0.25, 0.3) is 11.8 Å². The van der Waals surface area contributed by atoms with Gasteiger partial charge < -0.3 is 31.3 Å². The number of rotatable bonds is 10. The molecule has 0 heterocycles. The van der Waals surface area contributed by atoms with Crippen LogP contribution in [0.2, 0.25) is 0 Å². The summed E-state index contributed by atoms with van der Waals surface area (Å²) in [6.07, 6.45) is -1.13. The average molecular weight is 668 g/mol. The Hall–Kier alpha value is -0.740. The van der Waals surface area contributed by atoms with Crippen molar-refractivity contribution >= 4 is 80.2 Å². The Bertz CT molecular complexity index is 756. The minimum atomic E-state index is -1.13. The Labute approximate surface area is 206 Å². The van der Waals surface area contributed by atoms with E-state index in [1.165, 1.54) is 0 Å². The van der Waals surface area contributed by atoms with Gasteiger partial charge in [0.1, 0.15) is 5.88 Å². The third kappa shape index (κ3) is 7.15. The predicted molar refractivity (Wildman–Crippen MR) is 130 cm³/mol. The van der Waals surface area contributed by atoms with E-state index in [1.807, 2.05) is 45.2 Å². The summed E-state index contributed by atoms with van der Waals surface area (Å²) in [5, 5.41) is 35.5. The maximum Gasteiger partial charge on any atom is 0.253 e. The standard InChI is InChI=1S/C18H24ClI2N3O6/c1-8(6-25)4-22-18(30)13-14(20)12(17(29)23-5-10(27)7-26)9(2)16(15(13)21)24-11(28)3-19/h8,10,25-27H,3-7H2,1-2H3,(H,22,30)(H,23,29)(H,24,28). The number of aliphatic hydroxyl groups excluding tert-OH is 3. The molecule has 0 spiro atoms. The lowest BCUT2D eigenvalue weighted by atomic mass is 10.0. The topological polar surface area (TPSA) is 148 Å². The zero-order valence-electron chi connectivity index (χ0n) is 16.4. The van der Waals surface area contributed by atoms with E-state index in [-0.39, 0.29) is 48.3 Å². The highest BCUT2D eigenvalue weighted by Gasteiger charge is 2.28. The molecule has 0 saturated carbocycles. The molecule has 0 saturated heterocycles. The first-order chi connectivity index (χ1) is 14.1. The van der Waals surface area contributed by atoms with E-state index in [1.54, 1.807) is 13.8 Å². The molecule has 2 atom stereocenters. The van der Waals surface area contributed by atoms with Crippen LogP contribution in [0.15, 0.2) is 0 Å². The lowest BCUT2D eigenvalue weighted by Gasteiger charge is -2.21. The molecule has 6 N–H and O–H groups in total. The smallest absolute Gasteiger partial charge is 0.253 e. The minimum absolute atomic E-state index is 0.0970. The SMILES string of the molecule is Cc1c(NC(=O)CCl)c(I)c(C(=O)NCC(C)CO)c(I)c1C(=O)NCC(O)CO. The van der Waals surface area contributed by atoms with E-state index >= 15 is 0 Å². The Balaban J connectivity index is 3.48. The maximum absolute atomic E-state index is 12.9. The molecule has 168 valence electrons. The Kier molecular flexibility index (Phi) is 11.8. The van der Waals surface area contributed by atoms with Gasteiger partial charge in [-0.05, 0) is 63.6 Å². The van der Waals surface area contributed by atoms with Gasteiger partial charge in [-0.2, -0.15) is 0 Å². The molecule has 3 amide bonds. The Morgan fingerprint density at radius 2 is 1.57 bits per heavy atom. The molecule has 0 radical (unpaired) electrons. The quantitative estimate of drug-likeness (QED) is 0.161. The second kappa shape index (κ2) is 13.0. The van der Waals surface area contributed by atoms with Crippen molar-refractivity contribution in [3.05, 3.63) is 23.8 Å². The molecular weight excluding hydrogens is 643 g/mol. The molecular formula is C18H24ClI2N3O6. The number of halogens is 3. The maximum atomic E-state index is 12.9. The zero-order chi connectivity index (χ0) is 23.0. The molecule has 1 rings (SSSR count). The van der Waals surface area contributed by atoms with Crippen LogP contribution in [0.5, 0.6) is 0 Å². The summed E-state index contributed by atoms with van der Waals surface area (Å²) in [6, 6.07) is 0. The first-order valence-corrected chi connectivity index (χ1v) is 11.6. The Morgan fingerprint density at radius 3 is 2.10 bits per heavy atom. The molecule has 0 aromatic heterocycles. The molecule has 30 heavy (non-hydrogen) atoms. The molecule has 0 aliphatic heterocycles. The summed E-state index contributed by atoms with van der Waals surface area (Å²) < 4.78 is 0.803. The molecule has 0 fully saturated rings. The summed E-state index contributed by atoms with van der Waals surface area (Å²) in [4.78, 5) is 37.6. The van der Waals surface area contributed by atoms with Gasteiger partial charge in [0.15, 0.2) is 0 Å². The van der Waals surface area contributed by atoms with Crippen LogP contribution < -0.4 is 16.0 Å². The number of benzene rings is 1. The van der Waals surface area contributed by atoms with Gasteiger partial charge in [0.2, 0.25) is 5.91 Å². The summed E-state index contributed by atoms with van der Waals surface area (Å²) in [5.41, 5.74) is 1.07. The number of carbonyl (C=O) groups is 3. The molecule has 0 aliphatic rings. The van der Waals surface area contributed by atoms with Gasteiger partial charge >= 0.3 is 0 Å². The summed E-state index contributed by atoms with van der Waals surface area (Å²) in [6.45, 7) is 2.82. The van der Waals surface area contributed by atoms with Crippen molar-refractivity contribution in [2.75, 3.05) is 37.5 Å². The van der Waals surface area contributed by atoms with Crippen LogP contribution in [0.4, 0.5) is 5.69 Å². The fraction of sp³-hybridized carbons (Fsp3) is 0.500. The lowest BCUT2D eigenvalue weighted by molar-refractivity contribution is -0.113. The predicted octanol–water partition coefficient (Wildman–Crippen LogP) is 0.823. The normalized spacial score (nSPS) is 12.8.